The van der Waals surface area contributed by atoms with Crippen LogP contribution in [0.1, 0.15) is 11.1 Å². The van der Waals surface area contributed by atoms with Gasteiger partial charge in [-0.25, -0.2) is 4.99 Å². The monoisotopic (exact) mass is 349 g/mol. The molecule has 0 aliphatic carbocycles. The number of hydrogen-bond donors (Lipinski definition) is 0. The average Bonchev–Trinajstić information content (AvgIpc) is 2.54. The molecule has 2 aliphatic heterocycles. The molecule has 1 aromatic rings. The zero-order valence-corrected chi connectivity index (χ0v) is 13.2. The Morgan fingerprint density at radius 3 is 2.46 bits per heavy atom. The number of nitriles is 1. The first kappa shape index (κ1) is 16.3. The third kappa shape index (κ3) is 2.24. The first-order valence-electron chi connectivity index (χ1n) is 6.99. The fourth-order valence-electron chi connectivity index (χ4n) is 2.74. The molecule has 0 spiro atoms. The Morgan fingerprint density at radius 2 is 1.88 bits per heavy atom. The molecule has 0 bridgehead atoms. The minimum absolute atomic E-state index is 0.0675. The van der Waals surface area contributed by atoms with Crippen LogP contribution >= 0.6 is 11.6 Å². The van der Waals surface area contributed by atoms with Gasteiger partial charge in [0.15, 0.2) is 0 Å². The van der Waals surface area contributed by atoms with Crippen molar-refractivity contribution in [2.45, 2.75) is 18.8 Å². The normalized spacial score (nSPS) is 23.0. The number of rotatable bonds is 1. The van der Waals surface area contributed by atoms with Crippen molar-refractivity contribution in [2.75, 3.05) is 0 Å². The second-order valence-corrected chi connectivity index (χ2v) is 5.74. The van der Waals surface area contributed by atoms with Crippen LogP contribution in [-0.2, 0) is 5.66 Å². The summed E-state index contributed by atoms with van der Waals surface area (Å²) in [4.78, 5) is 4.69. The van der Waals surface area contributed by atoms with Crippen LogP contribution in [0.4, 0.5) is 13.2 Å². The maximum atomic E-state index is 14.2. The summed E-state index contributed by atoms with van der Waals surface area (Å²) in [5.41, 5.74) is -1.99. The van der Waals surface area contributed by atoms with Crippen LogP contribution in [0.3, 0.4) is 0 Å². The van der Waals surface area contributed by atoms with Crippen LogP contribution in [0, 0.1) is 18.3 Å². The third-order valence-corrected chi connectivity index (χ3v) is 4.17. The van der Waals surface area contributed by atoms with Crippen molar-refractivity contribution in [3.05, 3.63) is 71.1 Å². The van der Waals surface area contributed by atoms with E-state index in [4.69, 9.17) is 11.6 Å². The van der Waals surface area contributed by atoms with Gasteiger partial charge in [-0.1, -0.05) is 47.5 Å². The molecule has 24 heavy (non-hydrogen) atoms. The molecule has 3 nitrogen and oxygen atoms in total. The Bertz CT molecular complexity index is 841. The molecule has 2 heterocycles. The van der Waals surface area contributed by atoms with Crippen LogP contribution in [0.2, 0.25) is 0 Å². The summed E-state index contributed by atoms with van der Waals surface area (Å²) in [5, 5.41) is 8.78. The van der Waals surface area contributed by atoms with Gasteiger partial charge >= 0.3 is 6.18 Å². The quantitative estimate of drug-likeness (QED) is 0.747. The van der Waals surface area contributed by atoms with Crippen LogP contribution in [0.15, 0.2) is 65.0 Å². The van der Waals surface area contributed by atoms with Gasteiger partial charge in [0.05, 0.1) is 5.70 Å². The lowest BCUT2D eigenvalue weighted by Gasteiger charge is -2.45. The van der Waals surface area contributed by atoms with Crippen molar-refractivity contribution in [2.24, 2.45) is 4.99 Å². The minimum Gasteiger partial charge on any atom is -0.310 e. The molecule has 0 aromatic heterocycles. The predicted molar refractivity (Wildman–Crippen MR) is 85.0 cm³/mol. The lowest BCUT2D eigenvalue weighted by molar-refractivity contribution is -0.222. The summed E-state index contributed by atoms with van der Waals surface area (Å²) < 4.78 is 42.6. The van der Waals surface area contributed by atoms with Gasteiger partial charge < -0.3 is 4.90 Å². The summed E-state index contributed by atoms with van der Waals surface area (Å²) >= 11 is 5.96. The molecule has 0 fully saturated rings. The smallest absolute Gasteiger partial charge is 0.310 e. The molecule has 0 radical (unpaired) electrons. The van der Waals surface area contributed by atoms with Gasteiger partial charge in [0.2, 0.25) is 0 Å². The number of hydrogen-bond acceptors (Lipinski definition) is 3. The van der Waals surface area contributed by atoms with Crippen molar-refractivity contribution < 1.29 is 13.2 Å². The standard InChI is InChI=1S/C17H11ClF3N3/c1-11-5-7-12(8-6-11)16(17(19,20)21)23-15(18)13(10-22)14-4-2-3-9-24(14)16/h2-9H,1H3/t16-/m0/s1. The number of halogens is 4. The molecular weight excluding hydrogens is 339 g/mol. The third-order valence-electron chi connectivity index (χ3n) is 3.89. The molecule has 0 saturated heterocycles. The summed E-state index contributed by atoms with van der Waals surface area (Å²) in [6, 6.07) is 7.74. The first-order valence-corrected chi connectivity index (χ1v) is 7.37. The lowest BCUT2D eigenvalue weighted by Crippen LogP contribution is -2.54. The number of alkyl halides is 3. The second-order valence-electron chi connectivity index (χ2n) is 5.38. The van der Waals surface area contributed by atoms with Crippen LogP contribution in [0.25, 0.3) is 0 Å². The molecule has 122 valence electrons. The fraction of sp³-hybridized carbons (Fsp3) is 0.176. The Labute approximate surface area is 141 Å². The van der Waals surface area contributed by atoms with Gasteiger partial charge in [0.1, 0.15) is 16.8 Å². The Balaban J connectivity index is 2.34. The highest BCUT2D eigenvalue weighted by atomic mass is 35.5. The average molecular weight is 350 g/mol. The SMILES string of the molecule is Cc1ccc([C@]2(C(F)(F)F)N=C(Cl)C(C#N)=C3C=CC=CN32)cc1. The summed E-state index contributed by atoms with van der Waals surface area (Å²) in [6.45, 7) is 1.78. The molecule has 0 unspecified atom stereocenters. The zero-order valence-electron chi connectivity index (χ0n) is 12.5. The van der Waals surface area contributed by atoms with Crippen LogP contribution in [-0.4, -0.2) is 16.2 Å². The molecule has 0 N–H and O–H groups in total. The van der Waals surface area contributed by atoms with Gasteiger partial charge in [-0.2, -0.15) is 18.4 Å². The van der Waals surface area contributed by atoms with E-state index in [1.165, 1.54) is 30.5 Å². The number of nitrogens with zero attached hydrogens (tertiary/aromatic N) is 3. The van der Waals surface area contributed by atoms with Crippen molar-refractivity contribution >= 4 is 16.8 Å². The largest absolute Gasteiger partial charge is 0.437 e. The minimum atomic E-state index is -4.76. The van der Waals surface area contributed by atoms with Crippen molar-refractivity contribution in [3.8, 4) is 6.07 Å². The maximum Gasteiger partial charge on any atom is 0.437 e. The molecular formula is C17H11ClF3N3. The van der Waals surface area contributed by atoms with Gasteiger partial charge in [0, 0.05) is 11.8 Å². The molecule has 2 aliphatic rings. The number of fused-ring (bicyclic) bond motifs is 1. The second kappa shape index (κ2) is 5.53. The van der Waals surface area contributed by atoms with Gasteiger partial charge in [-0.3, -0.25) is 0 Å². The predicted octanol–water partition coefficient (Wildman–Crippen LogP) is 4.52. The Morgan fingerprint density at radius 1 is 1.21 bits per heavy atom. The van der Waals surface area contributed by atoms with E-state index < -0.39 is 17.0 Å². The number of allylic oxidation sites excluding steroid dienone is 4. The fourth-order valence-corrected chi connectivity index (χ4v) is 3.00. The van der Waals surface area contributed by atoms with Crippen LogP contribution < -0.4 is 0 Å². The van der Waals surface area contributed by atoms with E-state index in [1.807, 2.05) is 6.07 Å². The maximum absolute atomic E-state index is 14.2. The number of aryl methyl sites for hydroxylation is 1. The highest BCUT2D eigenvalue weighted by molar-refractivity contribution is 6.70. The van der Waals surface area contributed by atoms with E-state index in [2.05, 4.69) is 4.99 Å². The molecule has 1 aromatic carbocycles. The highest BCUT2D eigenvalue weighted by Crippen LogP contribution is 2.50. The van der Waals surface area contributed by atoms with Crippen molar-refractivity contribution in [1.82, 2.24) is 4.90 Å². The van der Waals surface area contributed by atoms with E-state index in [-0.39, 0.29) is 16.8 Å². The Kier molecular flexibility index (Phi) is 3.77. The zero-order chi connectivity index (χ0) is 17.5. The summed E-state index contributed by atoms with van der Waals surface area (Å²) in [7, 11) is 0. The summed E-state index contributed by atoms with van der Waals surface area (Å²) in [6.07, 6.45) is 0.929. The van der Waals surface area contributed by atoms with Gasteiger partial charge in [-0.05, 0) is 19.1 Å². The van der Waals surface area contributed by atoms with Crippen LogP contribution in [0.5, 0.6) is 0 Å². The van der Waals surface area contributed by atoms with E-state index in [1.54, 1.807) is 25.1 Å². The Hall–Kier alpha value is -2.52. The van der Waals surface area contributed by atoms with Crippen molar-refractivity contribution in [3.63, 3.8) is 0 Å². The lowest BCUT2D eigenvalue weighted by atomic mass is 9.92. The van der Waals surface area contributed by atoms with Gasteiger partial charge in [0.25, 0.3) is 5.66 Å². The molecule has 7 heteroatoms. The molecule has 0 amide bonds. The van der Waals surface area contributed by atoms with E-state index in [9.17, 15) is 18.4 Å². The summed E-state index contributed by atoms with van der Waals surface area (Å²) in [5.74, 6) is 0. The van der Waals surface area contributed by atoms with E-state index in [0.717, 1.165) is 10.5 Å². The van der Waals surface area contributed by atoms with Crippen molar-refractivity contribution in [1.29, 1.82) is 5.26 Å². The van der Waals surface area contributed by atoms with E-state index >= 15 is 0 Å². The highest BCUT2D eigenvalue weighted by Gasteiger charge is 2.62. The number of benzene rings is 1. The molecule has 0 saturated carbocycles. The molecule has 1 atom stereocenters. The van der Waals surface area contributed by atoms with Gasteiger partial charge in [-0.15, -0.1) is 0 Å². The first-order chi connectivity index (χ1) is 11.3. The molecule has 3 rings (SSSR count). The topological polar surface area (TPSA) is 39.4 Å². The number of aliphatic imine (C=N–C) groups is 1. The van der Waals surface area contributed by atoms with E-state index in [0.29, 0.717) is 0 Å².